The number of esters is 1. The molecule has 3 rings (SSSR count). The van der Waals surface area contributed by atoms with E-state index in [-0.39, 0.29) is 17.8 Å². The van der Waals surface area contributed by atoms with Crippen molar-refractivity contribution in [2.75, 3.05) is 6.61 Å². The molecule has 1 aromatic carbocycles. The summed E-state index contributed by atoms with van der Waals surface area (Å²) in [5.74, 6) is -1.02. The van der Waals surface area contributed by atoms with E-state index < -0.39 is 17.8 Å². The van der Waals surface area contributed by atoms with Crippen molar-refractivity contribution in [3.05, 3.63) is 62.8 Å². The van der Waals surface area contributed by atoms with E-state index in [1.54, 1.807) is 44.2 Å². The number of ether oxygens (including phenoxy) is 1. The number of benzene rings is 1. The largest absolute Gasteiger partial charge is 0.492 e. The van der Waals surface area contributed by atoms with Gasteiger partial charge in [0, 0.05) is 15.6 Å². The van der Waals surface area contributed by atoms with Crippen molar-refractivity contribution in [2.24, 2.45) is 4.99 Å². The third kappa shape index (κ3) is 4.05. The van der Waals surface area contributed by atoms with Crippen LogP contribution < -0.4 is 0 Å². The Bertz CT molecular complexity index is 1150. The Kier molecular flexibility index (Phi) is 5.80. The fourth-order valence-electron chi connectivity index (χ4n) is 2.81. The van der Waals surface area contributed by atoms with Crippen LogP contribution in [0.5, 0.6) is 0 Å². The second kappa shape index (κ2) is 8.29. The molecule has 29 heavy (non-hydrogen) atoms. The van der Waals surface area contributed by atoms with E-state index >= 15 is 0 Å². The van der Waals surface area contributed by atoms with E-state index in [4.69, 9.17) is 14.4 Å². The monoisotopic (exact) mass is 454 g/mol. The number of nitriles is 1. The molecule has 2 aromatic rings. The molecular formula is C21H15BrN2O5. The van der Waals surface area contributed by atoms with Gasteiger partial charge in [0.05, 0.1) is 12.2 Å². The quantitative estimate of drug-likeness (QED) is 0.533. The SMILES string of the molecule is CCOC(=O)c1cc(Br)ccc1-c1ccc(/C=C2\C(=O)N=C(O)C(C#N)=C2C)o1. The van der Waals surface area contributed by atoms with Crippen LogP contribution in [0.1, 0.15) is 30.0 Å². The van der Waals surface area contributed by atoms with E-state index in [1.165, 1.54) is 6.08 Å². The number of aliphatic hydroxyl groups is 1. The fourth-order valence-corrected chi connectivity index (χ4v) is 3.17. The predicted octanol–water partition coefficient (Wildman–Crippen LogP) is 4.61. The van der Waals surface area contributed by atoms with E-state index in [1.807, 2.05) is 6.07 Å². The molecular weight excluding hydrogens is 440 g/mol. The summed E-state index contributed by atoms with van der Waals surface area (Å²) in [5.41, 5.74) is 1.24. The molecule has 0 atom stereocenters. The van der Waals surface area contributed by atoms with E-state index in [0.29, 0.717) is 32.7 Å². The average molecular weight is 455 g/mol. The zero-order valence-corrected chi connectivity index (χ0v) is 17.1. The minimum absolute atomic E-state index is 0.0693. The van der Waals surface area contributed by atoms with Crippen LogP contribution in [-0.2, 0) is 9.53 Å². The maximum absolute atomic E-state index is 12.3. The fraction of sp³-hybridized carbons (Fsp3) is 0.143. The van der Waals surface area contributed by atoms with Gasteiger partial charge in [0.1, 0.15) is 23.2 Å². The lowest BCUT2D eigenvalue weighted by atomic mass is 9.98. The van der Waals surface area contributed by atoms with E-state index in [2.05, 4.69) is 20.9 Å². The van der Waals surface area contributed by atoms with Crippen LogP contribution in [0.15, 0.2) is 60.9 Å². The third-order valence-corrected chi connectivity index (χ3v) is 4.70. The smallest absolute Gasteiger partial charge is 0.338 e. The van der Waals surface area contributed by atoms with Crippen LogP contribution >= 0.6 is 15.9 Å². The summed E-state index contributed by atoms with van der Waals surface area (Å²) in [7, 11) is 0. The van der Waals surface area contributed by atoms with Gasteiger partial charge in [0.15, 0.2) is 0 Å². The van der Waals surface area contributed by atoms with Crippen LogP contribution in [0, 0.1) is 11.3 Å². The maximum atomic E-state index is 12.3. The predicted molar refractivity (Wildman–Crippen MR) is 109 cm³/mol. The molecule has 1 amide bonds. The zero-order valence-electron chi connectivity index (χ0n) is 15.5. The first-order chi connectivity index (χ1) is 13.8. The number of hydrogen-bond acceptors (Lipinski definition) is 5. The van der Waals surface area contributed by atoms with Gasteiger partial charge in [-0.1, -0.05) is 15.9 Å². The summed E-state index contributed by atoms with van der Waals surface area (Å²) >= 11 is 3.34. The molecule has 1 aromatic heterocycles. The number of halogens is 1. The number of aliphatic imine (C=N–C) groups is 1. The molecule has 1 aliphatic heterocycles. The molecule has 0 radical (unpaired) electrons. The Balaban J connectivity index is 2.02. The molecule has 7 nitrogen and oxygen atoms in total. The van der Waals surface area contributed by atoms with Gasteiger partial charge < -0.3 is 14.3 Å². The number of amides is 1. The number of hydrogen-bond donors (Lipinski definition) is 1. The summed E-state index contributed by atoms with van der Waals surface area (Å²) < 4.78 is 11.6. The second-order valence-electron chi connectivity index (χ2n) is 6.02. The van der Waals surface area contributed by atoms with Gasteiger partial charge in [0.25, 0.3) is 5.91 Å². The number of carbonyl (C=O) groups is 2. The van der Waals surface area contributed by atoms with Crippen molar-refractivity contribution < 1.29 is 23.8 Å². The number of dihydropyridines is 1. The molecule has 8 heteroatoms. The summed E-state index contributed by atoms with van der Waals surface area (Å²) in [5, 5.41) is 18.8. The molecule has 0 aliphatic carbocycles. The van der Waals surface area contributed by atoms with E-state index in [0.717, 1.165) is 0 Å². The first-order valence-electron chi connectivity index (χ1n) is 8.58. The van der Waals surface area contributed by atoms with Crippen molar-refractivity contribution in [1.82, 2.24) is 0 Å². The molecule has 0 unspecified atom stereocenters. The molecule has 0 fully saturated rings. The van der Waals surface area contributed by atoms with Crippen molar-refractivity contribution in [3.8, 4) is 17.4 Å². The molecule has 0 spiro atoms. The van der Waals surface area contributed by atoms with Crippen molar-refractivity contribution in [3.63, 3.8) is 0 Å². The normalized spacial score (nSPS) is 15.3. The molecule has 0 saturated carbocycles. The molecule has 0 bridgehead atoms. The Morgan fingerprint density at radius 1 is 1.38 bits per heavy atom. The zero-order chi connectivity index (χ0) is 21.1. The molecule has 2 heterocycles. The van der Waals surface area contributed by atoms with Crippen LogP contribution in [-0.4, -0.2) is 29.5 Å². The van der Waals surface area contributed by atoms with Crippen LogP contribution in [0.4, 0.5) is 0 Å². The van der Waals surface area contributed by atoms with Gasteiger partial charge in [0.2, 0.25) is 5.90 Å². The maximum Gasteiger partial charge on any atom is 0.338 e. The van der Waals surface area contributed by atoms with Crippen LogP contribution in [0.25, 0.3) is 17.4 Å². The number of furan rings is 1. The highest BCUT2D eigenvalue weighted by molar-refractivity contribution is 9.10. The van der Waals surface area contributed by atoms with Gasteiger partial charge in [-0.2, -0.15) is 10.3 Å². The van der Waals surface area contributed by atoms with Gasteiger partial charge in [-0.15, -0.1) is 0 Å². The Hall–Kier alpha value is -3.44. The van der Waals surface area contributed by atoms with Gasteiger partial charge in [-0.05, 0) is 55.8 Å². The third-order valence-electron chi connectivity index (χ3n) is 4.21. The molecule has 1 N–H and O–H groups in total. The summed E-state index contributed by atoms with van der Waals surface area (Å²) in [6.45, 7) is 3.51. The number of nitrogens with zero attached hydrogens (tertiary/aromatic N) is 2. The van der Waals surface area contributed by atoms with Gasteiger partial charge in [-0.3, -0.25) is 4.79 Å². The number of carbonyl (C=O) groups excluding carboxylic acids is 2. The standard InChI is InChI=1S/C21H15BrN2O5/c1-3-28-21(27)16-8-12(22)4-6-14(16)18-7-5-13(29-18)9-15-11(2)17(10-23)20(26)24-19(15)25/h4-9H,3H2,1-2H3,(H,24,25,26)/b15-9-. The van der Waals surface area contributed by atoms with Crippen molar-refractivity contribution in [1.29, 1.82) is 5.26 Å². The summed E-state index contributed by atoms with van der Waals surface area (Å²) in [6.07, 6.45) is 1.44. The Morgan fingerprint density at radius 2 is 2.14 bits per heavy atom. The van der Waals surface area contributed by atoms with Gasteiger partial charge >= 0.3 is 5.97 Å². The minimum Gasteiger partial charge on any atom is -0.492 e. The lowest BCUT2D eigenvalue weighted by molar-refractivity contribution is -0.114. The average Bonchev–Trinajstić information content (AvgIpc) is 3.14. The molecule has 146 valence electrons. The number of rotatable bonds is 4. The lowest BCUT2D eigenvalue weighted by Crippen LogP contribution is -2.16. The lowest BCUT2D eigenvalue weighted by Gasteiger charge is -2.11. The topological polar surface area (TPSA) is 113 Å². The molecule has 1 aliphatic rings. The highest BCUT2D eigenvalue weighted by atomic mass is 79.9. The van der Waals surface area contributed by atoms with Crippen LogP contribution in [0.3, 0.4) is 0 Å². The summed E-state index contributed by atoms with van der Waals surface area (Å²) in [6, 6.07) is 10.3. The number of aliphatic hydroxyl groups excluding tert-OH is 1. The summed E-state index contributed by atoms with van der Waals surface area (Å²) in [4.78, 5) is 27.9. The van der Waals surface area contributed by atoms with Crippen molar-refractivity contribution in [2.45, 2.75) is 13.8 Å². The Labute approximate surface area is 174 Å². The van der Waals surface area contributed by atoms with Gasteiger partial charge in [-0.25, -0.2) is 4.79 Å². The molecule has 0 saturated heterocycles. The first kappa shape index (κ1) is 20.3. The highest BCUT2D eigenvalue weighted by Gasteiger charge is 2.25. The van der Waals surface area contributed by atoms with Crippen LogP contribution in [0.2, 0.25) is 0 Å². The second-order valence-corrected chi connectivity index (χ2v) is 6.94. The highest BCUT2D eigenvalue weighted by Crippen LogP contribution is 2.31. The van der Waals surface area contributed by atoms with Crippen molar-refractivity contribution >= 4 is 39.8 Å². The Morgan fingerprint density at radius 3 is 2.83 bits per heavy atom. The first-order valence-corrected chi connectivity index (χ1v) is 9.37. The van der Waals surface area contributed by atoms with E-state index in [9.17, 15) is 14.7 Å². The minimum atomic E-state index is -0.673.